The van der Waals surface area contributed by atoms with Gasteiger partial charge in [-0.25, -0.2) is 0 Å². The van der Waals surface area contributed by atoms with Gasteiger partial charge < -0.3 is 4.57 Å². The summed E-state index contributed by atoms with van der Waals surface area (Å²) >= 11 is 7.38. The van der Waals surface area contributed by atoms with Crippen molar-refractivity contribution in [2.45, 2.75) is 51.5 Å². The molecule has 1 heterocycles. The Morgan fingerprint density at radius 2 is 1.71 bits per heavy atom. The smallest absolute Gasteiger partial charge is 0.309 e. The SMILES string of the molecule is O=c1c([N+](=O)[O-])cc(Br)cn1CCCCCCCCCS. The van der Waals surface area contributed by atoms with Gasteiger partial charge in [0.2, 0.25) is 0 Å². The number of aryl methyl sites for hydroxylation is 1. The molecule has 1 rings (SSSR count). The Labute approximate surface area is 138 Å². The Balaban J connectivity index is 2.39. The van der Waals surface area contributed by atoms with E-state index >= 15 is 0 Å². The number of nitro groups is 1. The highest BCUT2D eigenvalue weighted by molar-refractivity contribution is 9.10. The van der Waals surface area contributed by atoms with E-state index in [0.717, 1.165) is 25.0 Å². The van der Waals surface area contributed by atoms with Gasteiger partial charge in [-0.2, -0.15) is 12.6 Å². The molecule has 0 atom stereocenters. The number of unbranched alkanes of at least 4 members (excludes halogenated alkanes) is 6. The number of pyridine rings is 1. The van der Waals surface area contributed by atoms with Crippen LogP contribution in [0, 0.1) is 10.1 Å². The van der Waals surface area contributed by atoms with Crippen molar-refractivity contribution in [2.75, 3.05) is 5.75 Å². The van der Waals surface area contributed by atoms with Crippen LogP contribution in [0.3, 0.4) is 0 Å². The summed E-state index contributed by atoms with van der Waals surface area (Å²) in [4.78, 5) is 22.1. The second-order valence-electron chi connectivity index (χ2n) is 5.00. The number of thiol groups is 1. The fraction of sp³-hybridized carbons (Fsp3) is 0.643. The average Bonchev–Trinajstić information content (AvgIpc) is 2.44. The van der Waals surface area contributed by atoms with Gasteiger partial charge in [-0.3, -0.25) is 14.9 Å². The predicted molar refractivity (Wildman–Crippen MR) is 91.2 cm³/mol. The molecule has 5 nitrogen and oxygen atoms in total. The zero-order chi connectivity index (χ0) is 15.7. The fourth-order valence-corrected chi connectivity index (χ4v) is 2.85. The number of aromatic nitrogens is 1. The number of hydrogen-bond acceptors (Lipinski definition) is 4. The van der Waals surface area contributed by atoms with E-state index in [-0.39, 0.29) is 5.69 Å². The first kappa shape index (κ1) is 18.2. The number of rotatable bonds is 10. The van der Waals surface area contributed by atoms with Crippen LogP contribution in [0.1, 0.15) is 44.9 Å². The first-order valence-electron chi connectivity index (χ1n) is 7.21. The maximum absolute atomic E-state index is 11.9. The van der Waals surface area contributed by atoms with Gasteiger partial charge in [0.15, 0.2) is 0 Å². The van der Waals surface area contributed by atoms with Gasteiger partial charge in [-0.15, -0.1) is 0 Å². The molecule has 0 radical (unpaired) electrons. The van der Waals surface area contributed by atoms with Crippen molar-refractivity contribution in [3.05, 3.63) is 37.2 Å². The Morgan fingerprint density at radius 1 is 1.14 bits per heavy atom. The molecule has 0 saturated heterocycles. The van der Waals surface area contributed by atoms with Crippen LogP contribution in [0.2, 0.25) is 0 Å². The average molecular weight is 377 g/mol. The molecule has 0 aromatic carbocycles. The summed E-state index contributed by atoms with van der Waals surface area (Å²) in [5.74, 6) is 0.949. The quantitative estimate of drug-likeness (QED) is 0.288. The maximum Gasteiger partial charge on any atom is 0.335 e. The van der Waals surface area contributed by atoms with Crippen molar-refractivity contribution in [2.24, 2.45) is 0 Å². The Morgan fingerprint density at radius 3 is 2.29 bits per heavy atom. The van der Waals surface area contributed by atoms with Crippen LogP contribution in [-0.4, -0.2) is 15.2 Å². The molecule has 0 N–H and O–H groups in total. The van der Waals surface area contributed by atoms with E-state index < -0.39 is 10.5 Å². The second kappa shape index (κ2) is 10.00. The van der Waals surface area contributed by atoms with Crippen LogP contribution in [0.25, 0.3) is 0 Å². The Kier molecular flexibility index (Phi) is 8.68. The first-order chi connectivity index (χ1) is 10.1. The van der Waals surface area contributed by atoms with Gasteiger partial charge in [0.1, 0.15) is 0 Å². The normalized spacial score (nSPS) is 10.8. The molecule has 21 heavy (non-hydrogen) atoms. The van der Waals surface area contributed by atoms with Crippen LogP contribution in [0.4, 0.5) is 5.69 Å². The lowest BCUT2D eigenvalue weighted by atomic mass is 10.1. The van der Waals surface area contributed by atoms with Crippen LogP contribution >= 0.6 is 28.6 Å². The molecule has 0 fully saturated rings. The molecule has 0 aliphatic rings. The van der Waals surface area contributed by atoms with Crippen molar-refractivity contribution < 1.29 is 4.92 Å². The molecule has 0 bridgehead atoms. The monoisotopic (exact) mass is 376 g/mol. The van der Waals surface area contributed by atoms with Crippen LogP contribution in [0.15, 0.2) is 21.5 Å². The van der Waals surface area contributed by atoms with E-state index in [2.05, 4.69) is 28.6 Å². The maximum atomic E-state index is 11.9. The van der Waals surface area contributed by atoms with E-state index in [1.807, 2.05) is 0 Å². The molecule has 0 unspecified atom stereocenters. The molecule has 0 aliphatic carbocycles. The Bertz CT molecular complexity index is 519. The lowest BCUT2D eigenvalue weighted by Crippen LogP contribution is -2.22. The molecule has 0 aliphatic heterocycles. The van der Waals surface area contributed by atoms with Gasteiger partial charge in [-0.1, -0.05) is 32.1 Å². The summed E-state index contributed by atoms with van der Waals surface area (Å²) in [6, 6.07) is 1.25. The molecule has 1 aromatic rings. The predicted octanol–water partition coefficient (Wildman–Crippen LogP) is 4.18. The molecule has 0 saturated carbocycles. The molecule has 0 amide bonds. The minimum atomic E-state index is -0.634. The number of hydrogen-bond donors (Lipinski definition) is 1. The lowest BCUT2D eigenvalue weighted by Gasteiger charge is -2.06. The van der Waals surface area contributed by atoms with E-state index in [9.17, 15) is 14.9 Å². The highest BCUT2D eigenvalue weighted by atomic mass is 79.9. The van der Waals surface area contributed by atoms with Crippen LogP contribution in [0.5, 0.6) is 0 Å². The molecule has 118 valence electrons. The fourth-order valence-electron chi connectivity index (χ4n) is 2.16. The van der Waals surface area contributed by atoms with Crippen LogP contribution in [-0.2, 0) is 6.54 Å². The van der Waals surface area contributed by atoms with E-state index in [4.69, 9.17) is 0 Å². The molecular formula is C14H21BrN2O3S. The third-order valence-corrected chi connectivity index (χ3v) is 4.04. The number of halogens is 1. The van der Waals surface area contributed by atoms with Crippen molar-refractivity contribution in [3.8, 4) is 0 Å². The summed E-state index contributed by atoms with van der Waals surface area (Å²) in [6.07, 6.45) is 9.46. The van der Waals surface area contributed by atoms with Crippen LogP contribution < -0.4 is 5.56 Å². The summed E-state index contributed by atoms with van der Waals surface area (Å²) in [5, 5.41) is 10.8. The van der Waals surface area contributed by atoms with E-state index in [1.165, 1.54) is 36.3 Å². The zero-order valence-corrected chi connectivity index (χ0v) is 14.4. The summed E-state index contributed by atoms with van der Waals surface area (Å²) in [5.41, 5.74) is -0.909. The lowest BCUT2D eigenvalue weighted by molar-refractivity contribution is -0.386. The number of nitrogens with zero attached hydrogens (tertiary/aromatic N) is 2. The Hall–Kier alpha value is -0.820. The summed E-state index contributed by atoms with van der Waals surface area (Å²) < 4.78 is 1.98. The van der Waals surface area contributed by atoms with Crippen molar-refractivity contribution >= 4 is 34.2 Å². The third kappa shape index (κ3) is 6.65. The van der Waals surface area contributed by atoms with Gasteiger partial charge in [0.25, 0.3) is 0 Å². The van der Waals surface area contributed by atoms with Gasteiger partial charge in [-0.05, 0) is 34.5 Å². The van der Waals surface area contributed by atoms with Gasteiger partial charge in [0, 0.05) is 23.3 Å². The molecular weight excluding hydrogens is 356 g/mol. The van der Waals surface area contributed by atoms with Crippen molar-refractivity contribution in [3.63, 3.8) is 0 Å². The van der Waals surface area contributed by atoms with Gasteiger partial charge in [0.05, 0.1) is 4.92 Å². The molecule has 0 spiro atoms. The molecule has 1 aromatic heterocycles. The van der Waals surface area contributed by atoms with Gasteiger partial charge >= 0.3 is 11.2 Å². The van der Waals surface area contributed by atoms with E-state index in [0.29, 0.717) is 11.0 Å². The third-order valence-electron chi connectivity index (χ3n) is 3.29. The van der Waals surface area contributed by atoms with Crippen molar-refractivity contribution in [1.29, 1.82) is 0 Å². The zero-order valence-electron chi connectivity index (χ0n) is 12.0. The largest absolute Gasteiger partial charge is 0.335 e. The second-order valence-corrected chi connectivity index (χ2v) is 6.36. The molecule has 7 heteroatoms. The van der Waals surface area contributed by atoms with Crippen molar-refractivity contribution in [1.82, 2.24) is 4.57 Å². The summed E-state index contributed by atoms with van der Waals surface area (Å²) in [6.45, 7) is 0.524. The standard InChI is InChI=1S/C14H21BrN2O3S/c15-12-10-13(17(19)20)14(18)16(11-12)8-6-4-2-1-3-5-7-9-21/h10-11,21H,1-9H2. The minimum absolute atomic E-state index is 0.379. The van der Waals surface area contributed by atoms with E-state index in [1.54, 1.807) is 6.20 Å². The summed E-state index contributed by atoms with van der Waals surface area (Å²) in [7, 11) is 0. The highest BCUT2D eigenvalue weighted by Crippen LogP contribution is 2.14. The highest BCUT2D eigenvalue weighted by Gasteiger charge is 2.15. The minimum Gasteiger partial charge on any atom is -0.309 e. The topological polar surface area (TPSA) is 65.1 Å². The first-order valence-corrected chi connectivity index (χ1v) is 8.64.